The number of aliphatic hydroxyl groups is 1. The molecule has 108 valence electrons. The van der Waals surface area contributed by atoms with Gasteiger partial charge in [-0.05, 0) is 18.5 Å². The van der Waals surface area contributed by atoms with Gasteiger partial charge in [0.15, 0.2) is 0 Å². The minimum atomic E-state index is -0.666. The number of hydrogen-bond acceptors (Lipinski definition) is 4. The Bertz CT molecular complexity index is 445. The maximum absolute atomic E-state index is 11.2. The second-order valence-corrected chi connectivity index (χ2v) is 5.15. The minimum Gasteiger partial charge on any atom is -0.391 e. The van der Waals surface area contributed by atoms with Gasteiger partial charge in [0.05, 0.1) is 6.10 Å². The first-order valence-corrected chi connectivity index (χ1v) is 6.90. The van der Waals surface area contributed by atoms with Gasteiger partial charge in [-0.25, -0.2) is 0 Å². The van der Waals surface area contributed by atoms with Crippen molar-refractivity contribution in [2.75, 3.05) is 13.1 Å². The highest BCUT2D eigenvalue weighted by atomic mass is 16.3. The molecule has 2 rings (SSSR count). The zero-order valence-corrected chi connectivity index (χ0v) is 11.3. The zero-order chi connectivity index (χ0) is 14.4. The lowest BCUT2D eigenvalue weighted by Gasteiger charge is -2.25. The van der Waals surface area contributed by atoms with Gasteiger partial charge < -0.3 is 10.4 Å². The van der Waals surface area contributed by atoms with Gasteiger partial charge in [0.25, 0.3) is 0 Å². The Morgan fingerprint density at radius 3 is 2.50 bits per heavy atom. The van der Waals surface area contributed by atoms with E-state index < -0.39 is 6.10 Å². The number of aliphatic hydroxyl groups excluding tert-OH is 1. The lowest BCUT2D eigenvalue weighted by atomic mass is 9.91. The molecule has 2 amide bonds. The molecule has 20 heavy (non-hydrogen) atoms. The predicted molar refractivity (Wildman–Crippen MR) is 74.9 cm³/mol. The number of carbonyl (C=O) groups is 2. The maximum atomic E-state index is 11.2. The third-order valence-corrected chi connectivity index (χ3v) is 3.50. The largest absolute Gasteiger partial charge is 0.391 e. The zero-order valence-electron chi connectivity index (χ0n) is 11.3. The normalized spacial score (nSPS) is 17.9. The molecule has 0 bridgehead atoms. The van der Waals surface area contributed by atoms with Crippen LogP contribution in [0.3, 0.4) is 0 Å². The van der Waals surface area contributed by atoms with Crippen LogP contribution >= 0.6 is 0 Å². The molecule has 1 atom stereocenters. The van der Waals surface area contributed by atoms with Crippen molar-refractivity contribution in [3.8, 4) is 0 Å². The molecule has 1 heterocycles. The number of hydrogen-bond donors (Lipinski definition) is 3. The van der Waals surface area contributed by atoms with Crippen molar-refractivity contribution in [2.45, 2.75) is 25.4 Å². The Morgan fingerprint density at radius 2 is 1.85 bits per heavy atom. The predicted octanol–water partition coefficient (Wildman–Crippen LogP) is 0.232. The van der Waals surface area contributed by atoms with Gasteiger partial charge in [0.2, 0.25) is 11.8 Å². The summed E-state index contributed by atoms with van der Waals surface area (Å²) in [5, 5.41) is 15.4. The molecule has 0 radical (unpaired) electrons. The summed E-state index contributed by atoms with van der Waals surface area (Å²) < 4.78 is 0. The van der Waals surface area contributed by atoms with E-state index in [4.69, 9.17) is 0 Å². The van der Waals surface area contributed by atoms with Gasteiger partial charge in [-0.2, -0.15) is 0 Å². The van der Waals surface area contributed by atoms with Crippen molar-refractivity contribution in [3.63, 3.8) is 0 Å². The summed E-state index contributed by atoms with van der Waals surface area (Å²) in [5.74, 6) is -0.871. The lowest BCUT2D eigenvalue weighted by molar-refractivity contribution is -0.136. The molecule has 3 N–H and O–H groups in total. The van der Waals surface area contributed by atoms with Gasteiger partial charge in [0.1, 0.15) is 0 Å². The number of nitrogens with one attached hydrogen (secondary N) is 2. The van der Waals surface area contributed by atoms with Crippen molar-refractivity contribution < 1.29 is 14.7 Å². The van der Waals surface area contributed by atoms with Gasteiger partial charge in [-0.1, -0.05) is 30.3 Å². The molecule has 1 saturated heterocycles. The standard InChI is InChI=1S/C15H20N2O3/c18-13(12-8-14(19)17-15(20)9-12)10-16-7-6-11-4-2-1-3-5-11/h1-5,12-13,16,18H,6-10H2,(H,17,19,20). The van der Waals surface area contributed by atoms with Crippen molar-refractivity contribution in [3.05, 3.63) is 35.9 Å². The highest BCUT2D eigenvalue weighted by molar-refractivity contribution is 5.97. The third kappa shape index (κ3) is 4.43. The van der Waals surface area contributed by atoms with Crippen molar-refractivity contribution in [1.82, 2.24) is 10.6 Å². The van der Waals surface area contributed by atoms with Crippen LogP contribution < -0.4 is 10.6 Å². The Kier molecular flexibility index (Phi) is 5.26. The van der Waals surface area contributed by atoms with E-state index in [1.807, 2.05) is 18.2 Å². The summed E-state index contributed by atoms with van der Waals surface area (Å²) in [7, 11) is 0. The summed E-state index contributed by atoms with van der Waals surface area (Å²) in [5.41, 5.74) is 1.24. The molecule has 5 nitrogen and oxygen atoms in total. The second kappa shape index (κ2) is 7.17. The Balaban J connectivity index is 1.68. The molecule has 1 aromatic rings. The quantitative estimate of drug-likeness (QED) is 0.513. The Labute approximate surface area is 118 Å². The van der Waals surface area contributed by atoms with Gasteiger partial charge in [0, 0.05) is 25.3 Å². The van der Waals surface area contributed by atoms with Crippen LogP contribution in [0.4, 0.5) is 0 Å². The highest BCUT2D eigenvalue weighted by Gasteiger charge is 2.29. The smallest absolute Gasteiger partial charge is 0.226 e. The van der Waals surface area contributed by atoms with E-state index in [0.29, 0.717) is 6.54 Å². The Morgan fingerprint density at radius 1 is 1.20 bits per heavy atom. The van der Waals surface area contributed by atoms with E-state index in [0.717, 1.165) is 13.0 Å². The number of imide groups is 1. The summed E-state index contributed by atoms with van der Waals surface area (Å²) in [6.45, 7) is 1.16. The second-order valence-electron chi connectivity index (χ2n) is 5.15. The van der Waals surface area contributed by atoms with Crippen LogP contribution in [-0.4, -0.2) is 36.1 Å². The molecule has 1 aromatic carbocycles. The molecular weight excluding hydrogens is 256 g/mol. The summed E-state index contributed by atoms with van der Waals surface area (Å²) in [4.78, 5) is 22.5. The van der Waals surface area contributed by atoms with Crippen molar-refractivity contribution in [2.24, 2.45) is 5.92 Å². The van der Waals surface area contributed by atoms with Crippen LogP contribution in [0, 0.1) is 5.92 Å². The molecule has 1 aliphatic rings. The van der Waals surface area contributed by atoms with Crippen molar-refractivity contribution >= 4 is 11.8 Å². The summed E-state index contributed by atoms with van der Waals surface area (Å²) >= 11 is 0. The Hall–Kier alpha value is -1.72. The molecule has 1 unspecified atom stereocenters. The van der Waals surface area contributed by atoms with Crippen LogP contribution in [0.2, 0.25) is 0 Å². The molecule has 0 saturated carbocycles. The number of benzene rings is 1. The first-order valence-electron chi connectivity index (χ1n) is 6.90. The topological polar surface area (TPSA) is 78.4 Å². The van der Waals surface area contributed by atoms with Crippen LogP contribution in [0.5, 0.6) is 0 Å². The fourth-order valence-corrected chi connectivity index (χ4v) is 2.37. The summed E-state index contributed by atoms with van der Waals surface area (Å²) in [6, 6.07) is 10.1. The molecule has 1 aliphatic heterocycles. The fourth-order valence-electron chi connectivity index (χ4n) is 2.37. The van der Waals surface area contributed by atoms with Gasteiger partial charge in [-0.3, -0.25) is 14.9 Å². The van der Waals surface area contributed by atoms with E-state index in [-0.39, 0.29) is 30.6 Å². The molecule has 5 heteroatoms. The fraction of sp³-hybridized carbons (Fsp3) is 0.467. The number of rotatable bonds is 6. The van der Waals surface area contributed by atoms with E-state index in [9.17, 15) is 14.7 Å². The van der Waals surface area contributed by atoms with Crippen molar-refractivity contribution in [1.29, 1.82) is 0 Å². The monoisotopic (exact) mass is 276 g/mol. The first-order chi connectivity index (χ1) is 9.65. The molecule has 0 aliphatic carbocycles. The van der Waals surface area contributed by atoms with Gasteiger partial charge in [-0.15, -0.1) is 0 Å². The first kappa shape index (κ1) is 14.7. The van der Waals surface area contributed by atoms with E-state index in [1.165, 1.54) is 5.56 Å². The van der Waals surface area contributed by atoms with Crippen LogP contribution in [-0.2, 0) is 16.0 Å². The van der Waals surface area contributed by atoms with E-state index in [1.54, 1.807) is 0 Å². The molecular formula is C15H20N2O3. The number of piperidine rings is 1. The van der Waals surface area contributed by atoms with Crippen LogP contribution in [0.1, 0.15) is 18.4 Å². The molecule has 1 fully saturated rings. The SMILES string of the molecule is O=C1CC(C(O)CNCCc2ccccc2)CC(=O)N1. The minimum absolute atomic E-state index is 0.216. The third-order valence-electron chi connectivity index (χ3n) is 3.50. The maximum Gasteiger partial charge on any atom is 0.226 e. The molecule has 0 aromatic heterocycles. The van der Waals surface area contributed by atoms with Gasteiger partial charge >= 0.3 is 0 Å². The van der Waals surface area contributed by atoms with Crippen LogP contribution in [0.15, 0.2) is 30.3 Å². The highest BCUT2D eigenvalue weighted by Crippen LogP contribution is 2.17. The molecule has 0 spiro atoms. The van der Waals surface area contributed by atoms with E-state index in [2.05, 4.69) is 22.8 Å². The average Bonchev–Trinajstić information content (AvgIpc) is 2.43. The van der Waals surface area contributed by atoms with Crippen LogP contribution in [0.25, 0.3) is 0 Å². The summed E-state index contributed by atoms with van der Waals surface area (Å²) in [6.07, 6.45) is 0.652. The lowest BCUT2D eigenvalue weighted by Crippen LogP contribution is -2.45. The average molecular weight is 276 g/mol. The van der Waals surface area contributed by atoms with E-state index >= 15 is 0 Å². The number of carbonyl (C=O) groups excluding carboxylic acids is 2. The number of amides is 2.